The normalized spacial score (nSPS) is 14.8. The van der Waals surface area contributed by atoms with Crippen molar-refractivity contribution in [3.8, 4) is 0 Å². The number of rotatable bonds is 0. The summed E-state index contributed by atoms with van der Waals surface area (Å²) in [6.45, 7) is 1.07. The molecular weight excluding hydrogens is 210 g/mol. The Morgan fingerprint density at radius 3 is 2.94 bits per heavy atom. The number of fused-ring (bicyclic) bond motifs is 5. The molecule has 2 heterocycles. The molecule has 2 aromatic carbocycles. The lowest BCUT2D eigenvalue weighted by atomic mass is 10.0. The smallest absolute Gasteiger partial charge is 0.140 e. The van der Waals surface area contributed by atoms with Crippen molar-refractivity contribution in [3.05, 3.63) is 42.0 Å². The Kier molecular flexibility index (Phi) is 1.75. The van der Waals surface area contributed by atoms with Crippen molar-refractivity contribution in [2.24, 2.45) is 0 Å². The minimum atomic E-state index is 0.987. The lowest BCUT2D eigenvalue weighted by Gasteiger charge is -2.17. The third kappa shape index (κ3) is 1.21. The van der Waals surface area contributed by atoms with E-state index in [0.717, 1.165) is 24.1 Å². The molecule has 0 amide bonds. The van der Waals surface area contributed by atoms with Gasteiger partial charge in [0.05, 0.1) is 0 Å². The van der Waals surface area contributed by atoms with Crippen LogP contribution in [-0.2, 0) is 6.42 Å². The zero-order chi connectivity index (χ0) is 11.2. The molecule has 0 saturated heterocycles. The molecule has 0 spiro atoms. The fourth-order valence-corrected chi connectivity index (χ4v) is 2.75. The summed E-state index contributed by atoms with van der Waals surface area (Å²) in [7, 11) is 0. The van der Waals surface area contributed by atoms with Gasteiger partial charge >= 0.3 is 0 Å². The van der Waals surface area contributed by atoms with Gasteiger partial charge in [-0.25, -0.2) is 0 Å². The number of furan rings is 1. The van der Waals surface area contributed by atoms with Crippen LogP contribution in [0.1, 0.15) is 12.0 Å². The molecule has 2 nitrogen and oxygen atoms in total. The molecule has 1 aliphatic heterocycles. The lowest BCUT2D eigenvalue weighted by Crippen LogP contribution is -2.11. The molecule has 0 saturated carbocycles. The molecule has 17 heavy (non-hydrogen) atoms. The molecule has 0 radical (unpaired) electrons. The first kappa shape index (κ1) is 9.11. The maximum atomic E-state index is 6.01. The van der Waals surface area contributed by atoms with Crippen LogP contribution in [0.5, 0.6) is 0 Å². The van der Waals surface area contributed by atoms with Crippen molar-refractivity contribution in [1.82, 2.24) is 0 Å². The topological polar surface area (TPSA) is 25.2 Å². The van der Waals surface area contributed by atoms with Gasteiger partial charge in [-0.15, -0.1) is 0 Å². The average Bonchev–Trinajstić information content (AvgIpc) is 2.78. The van der Waals surface area contributed by atoms with Crippen molar-refractivity contribution < 1.29 is 4.42 Å². The van der Waals surface area contributed by atoms with E-state index >= 15 is 0 Å². The summed E-state index contributed by atoms with van der Waals surface area (Å²) in [6, 6.07) is 12.6. The summed E-state index contributed by atoms with van der Waals surface area (Å²) < 4.78 is 6.01. The van der Waals surface area contributed by atoms with E-state index in [1.54, 1.807) is 0 Å². The first-order valence-corrected chi connectivity index (χ1v) is 6.10. The van der Waals surface area contributed by atoms with Gasteiger partial charge in [0.1, 0.15) is 11.2 Å². The van der Waals surface area contributed by atoms with Gasteiger partial charge in [-0.3, -0.25) is 0 Å². The van der Waals surface area contributed by atoms with Crippen LogP contribution in [0.2, 0.25) is 0 Å². The van der Waals surface area contributed by atoms with E-state index in [-0.39, 0.29) is 0 Å². The molecule has 3 aromatic rings. The molecule has 0 fully saturated rings. The first-order valence-electron chi connectivity index (χ1n) is 6.10. The van der Waals surface area contributed by atoms with Gasteiger partial charge in [0.2, 0.25) is 0 Å². The summed E-state index contributed by atoms with van der Waals surface area (Å²) in [5.74, 6) is 0. The molecule has 0 aliphatic carbocycles. The molecule has 4 rings (SSSR count). The van der Waals surface area contributed by atoms with E-state index in [9.17, 15) is 0 Å². The van der Waals surface area contributed by atoms with Gasteiger partial charge < -0.3 is 9.73 Å². The number of para-hydroxylation sites is 1. The summed E-state index contributed by atoms with van der Waals surface area (Å²) in [6.07, 6.45) is 2.29. The van der Waals surface area contributed by atoms with Gasteiger partial charge in [0.15, 0.2) is 0 Å². The molecule has 1 aliphatic rings. The standard InChI is InChI=1S/C15H13NO/c1-2-6-14-10(4-1)11-7-8-13-12(15(11)17-14)5-3-9-16-13/h1-2,4,6-8,16H,3,5,9H2. The van der Waals surface area contributed by atoms with E-state index in [4.69, 9.17) is 4.42 Å². The van der Waals surface area contributed by atoms with Crippen molar-refractivity contribution in [2.45, 2.75) is 12.8 Å². The second-order valence-corrected chi connectivity index (χ2v) is 4.60. The Balaban J connectivity index is 2.16. The monoisotopic (exact) mass is 223 g/mol. The van der Waals surface area contributed by atoms with Crippen LogP contribution >= 0.6 is 0 Å². The second kappa shape index (κ2) is 3.27. The predicted molar refractivity (Wildman–Crippen MR) is 70.5 cm³/mol. The highest BCUT2D eigenvalue weighted by Gasteiger charge is 2.16. The molecule has 0 unspecified atom stereocenters. The molecule has 2 heteroatoms. The van der Waals surface area contributed by atoms with Gasteiger partial charge in [-0.05, 0) is 31.0 Å². The maximum absolute atomic E-state index is 6.01. The van der Waals surface area contributed by atoms with Crippen LogP contribution in [0.15, 0.2) is 40.8 Å². The van der Waals surface area contributed by atoms with Crippen LogP contribution in [0.3, 0.4) is 0 Å². The van der Waals surface area contributed by atoms with E-state index < -0.39 is 0 Å². The Hall–Kier alpha value is -1.96. The van der Waals surface area contributed by atoms with Crippen LogP contribution in [0.4, 0.5) is 5.69 Å². The summed E-state index contributed by atoms with van der Waals surface area (Å²) >= 11 is 0. The predicted octanol–water partition coefficient (Wildman–Crippen LogP) is 3.94. The summed E-state index contributed by atoms with van der Waals surface area (Å²) in [4.78, 5) is 0. The fraction of sp³-hybridized carbons (Fsp3) is 0.200. The second-order valence-electron chi connectivity index (χ2n) is 4.60. The van der Waals surface area contributed by atoms with Crippen LogP contribution < -0.4 is 5.32 Å². The Bertz CT molecular complexity index is 711. The number of anilines is 1. The quantitative estimate of drug-likeness (QED) is 0.624. The third-order valence-corrected chi connectivity index (χ3v) is 3.57. The minimum Gasteiger partial charge on any atom is -0.456 e. The highest BCUT2D eigenvalue weighted by Crippen LogP contribution is 2.36. The highest BCUT2D eigenvalue weighted by atomic mass is 16.3. The van der Waals surface area contributed by atoms with Crippen LogP contribution in [-0.4, -0.2) is 6.54 Å². The Labute approximate surface area is 99.2 Å². The van der Waals surface area contributed by atoms with E-state index in [1.165, 1.54) is 28.4 Å². The van der Waals surface area contributed by atoms with Gasteiger partial charge in [0.25, 0.3) is 0 Å². The highest BCUT2D eigenvalue weighted by molar-refractivity contribution is 6.07. The average molecular weight is 223 g/mol. The van der Waals surface area contributed by atoms with Crippen molar-refractivity contribution in [1.29, 1.82) is 0 Å². The number of hydrogen-bond donors (Lipinski definition) is 1. The maximum Gasteiger partial charge on any atom is 0.140 e. The molecule has 1 aromatic heterocycles. The van der Waals surface area contributed by atoms with E-state index in [1.807, 2.05) is 12.1 Å². The Morgan fingerprint density at radius 1 is 1.00 bits per heavy atom. The van der Waals surface area contributed by atoms with Crippen LogP contribution in [0, 0.1) is 0 Å². The number of benzene rings is 2. The molecule has 1 N–H and O–H groups in total. The van der Waals surface area contributed by atoms with Gasteiger partial charge in [0, 0.05) is 28.6 Å². The zero-order valence-electron chi connectivity index (χ0n) is 9.49. The Morgan fingerprint density at radius 2 is 1.94 bits per heavy atom. The van der Waals surface area contributed by atoms with Gasteiger partial charge in [-0.1, -0.05) is 18.2 Å². The summed E-state index contributed by atoms with van der Waals surface area (Å²) in [5.41, 5.74) is 4.63. The molecule has 84 valence electrons. The summed E-state index contributed by atoms with van der Waals surface area (Å²) in [5, 5.41) is 5.90. The largest absolute Gasteiger partial charge is 0.456 e. The van der Waals surface area contributed by atoms with E-state index in [0.29, 0.717) is 0 Å². The van der Waals surface area contributed by atoms with Gasteiger partial charge in [-0.2, -0.15) is 0 Å². The number of aryl methyl sites for hydroxylation is 1. The SMILES string of the molecule is c1ccc2c(c1)oc1c3c(ccc12)NCCC3. The number of nitrogens with one attached hydrogen (secondary N) is 1. The third-order valence-electron chi connectivity index (χ3n) is 3.57. The molecular formula is C15H13NO. The zero-order valence-corrected chi connectivity index (χ0v) is 9.49. The fourth-order valence-electron chi connectivity index (χ4n) is 2.75. The number of hydrogen-bond acceptors (Lipinski definition) is 2. The van der Waals surface area contributed by atoms with Crippen LogP contribution in [0.25, 0.3) is 21.9 Å². The molecule has 0 atom stereocenters. The van der Waals surface area contributed by atoms with Crippen molar-refractivity contribution >= 4 is 27.6 Å². The van der Waals surface area contributed by atoms with Crippen molar-refractivity contribution in [3.63, 3.8) is 0 Å². The van der Waals surface area contributed by atoms with Crippen molar-refractivity contribution in [2.75, 3.05) is 11.9 Å². The minimum absolute atomic E-state index is 0.987. The van der Waals surface area contributed by atoms with E-state index in [2.05, 4.69) is 29.6 Å². The first-order chi connectivity index (χ1) is 8.43. The molecule has 0 bridgehead atoms. The lowest BCUT2D eigenvalue weighted by molar-refractivity contribution is 0.658.